The molecule has 1 N–H and O–H groups in total. The maximum Gasteiger partial charge on any atom is 0.0913 e. The molecule has 1 aromatic rings. The van der Waals surface area contributed by atoms with Gasteiger partial charge in [0.1, 0.15) is 0 Å². The van der Waals surface area contributed by atoms with Crippen molar-refractivity contribution >= 4 is 5.70 Å². The van der Waals surface area contributed by atoms with E-state index in [1.807, 2.05) is 0 Å². The smallest absolute Gasteiger partial charge is 0.0913 e. The van der Waals surface area contributed by atoms with E-state index in [0.29, 0.717) is 5.92 Å². The third-order valence-corrected chi connectivity index (χ3v) is 2.93. The first kappa shape index (κ1) is 10.2. The highest BCUT2D eigenvalue weighted by atomic mass is 15.0. The van der Waals surface area contributed by atoms with Crippen molar-refractivity contribution in [3.8, 4) is 0 Å². The molecule has 2 nitrogen and oxygen atoms in total. The number of hydrogen-bond acceptors (Lipinski definition) is 2. The highest BCUT2D eigenvalue weighted by molar-refractivity contribution is 5.68. The van der Waals surface area contributed by atoms with Crippen molar-refractivity contribution in [1.82, 2.24) is 10.3 Å². The SMILES string of the molecule is C=C1NC(C)(C)c2ccc(C(C)C)nc21. The average Bonchev–Trinajstić information content (AvgIpc) is 2.37. The first-order valence-electron chi connectivity index (χ1n) is 5.40. The minimum atomic E-state index is -0.0328. The first-order chi connectivity index (χ1) is 6.92. The molecule has 0 spiro atoms. The van der Waals surface area contributed by atoms with E-state index in [-0.39, 0.29) is 5.54 Å². The largest absolute Gasteiger partial charge is 0.375 e. The number of rotatable bonds is 1. The van der Waals surface area contributed by atoms with Crippen LogP contribution in [0.3, 0.4) is 0 Å². The second kappa shape index (κ2) is 3.09. The Bertz CT molecular complexity index is 417. The fourth-order valence-electron chi connectivity index (χ4n) is 2.03. The number of nitrogens with one attached hydrogen (secondary N) is 1. The maximum atomic E-state index is 4.67. The Labute approximate surface area is 91.4 Å². The van der Waals surface area contributed by atoms with Crippen LogP contribution in [-0.4, -0.2) is 4.98 Å². The van der Waals surface area contributed by atoms with Gasteiger partial charge < -0.3 is 5.32 Å². The summed E-state index contributed by atoms with van der Waals surface area (Å²) in [5.74, 6) is 0.465. The summed E-state index contributed by atoms with van der Waals surface area (Å²) in [5.41, 5.74) is 4.32. The van der Waals surface area contributed by atoms with Crippen LogP contribution >= 0.6 is 0 Å². The number of pyridine rings is 1. The van der Waals surface area contributed by atoms with Gasteiger partial charge in [-0.2, -0.15) is 0 Å². The molecule has 0 saturated heterocycles. The van der Waals surface area contributed by atoms with E-state index in [4.69, 9.17) is 0 Å². The summed E-state index contributed by atoms with van der Waals surface area (Å²) in [4.78, 5) is 4.67. The van der Waals surface area contributed by atoms with Crippen LogP contribution in [0.4, 0.5) is 0 Å². The standard InChI is InChI=1S/C13H18N2/c1-8(2)11-7-6-10-12(14-11)9(3)15-13(10,4)5/h6-8,15H,3H2,1-2,4-5H3. The molecule has 0 aromatic carbocycles. The quantitative estimate of drug-likeness (QED) is 0.757. The molecule has 0 radical (unpaired) electrons. The Kier molecular flexibility index (Phi) is 2.10. The zero-order chi connectivity index (χ0) is 11.2. The topological polar surface area (TPSA) is 24.9 Å². The van der Waals surface area contributed by atoms with Crippen molar-refractivity contribution in [3.63, 3.8) is 0 Å². The highest BCUT2D eigenvalue weighted by Gasteiger charge is 2.32. The van der Waals surface area contributed by atoms with E-state index in [0.717, 1.165) is 17.1 Å². The molecular weight excluding hydrogens is 184 g/mol. The molecule has 0 saturated carbocycles. The lowest BCUT2D eigenvalue weighted by atomic mass is 9.96. The molecule has 0 unspecified atom stereocenters. The number of fused-ring (bicyclic) bond motifs is 1. The monoisotopic (exact) mass is 202 g/mol. The molecule has 0 aliphatic carbocycles. The van der Waals surface area contributed by atoms with E-state index in [1.165, 1.54) is 5.56 Å². The predicted molar refractivity (Wildman–Crippen MR) is 63.5 cm³/mol. The van der Waals surface area contributed by atoms with Crippen molar-refractivity contribution < 1.29 is 0 Å². The number of hydrogen-bond donors (Lipinski definition) is 1. The van der Waals surface area contributed by atoms with Gasteiger partial charge in [0.15, 0.2) is 0 Å². The molecule has 0 atom stereocenters. The number of aromatic nitrogens is 1. The molecule has 2 heterocycles. The Morgan fingerprint density at radius 2 is 2.00 bits per heavy atom. The maximum absolute atomic E-state index is 4.67. The predicted octanol–water partition coefficient (Wildman–Crippen LogP) is 3.01. The molecule has 0 bridgehead atoms. The Hall–Kier alpha value is -1.31. The number of nitrogens with zero attached hydrogens (tertiary/aromatic N) is 1. The van der Waals surface area contributed by atoms with Crippen LogP contribution in [0.15, 0.2) is 18.7 Å². The minimum absolute atomic E-state index is 0.0328. The van der Waals surface area contributed by atoms with Crippen molar-refractivity contribution in [1.29, 1.82) is 0 Å². The van der Waals surface area contributed by atoms with Gasteiger partial charge in [0.2, 0.25) is 0 Å². The molecule has 2 heteroatoms. The Morgan fingerprint density at radius 3 is 2.60 bits per heavy atom. The second-order valence-corrected chi connectivity index (χ2v) is 5.02. The van der Waals surface area contributed by atoms with Gasteiger partial charge in [-0.15, -0.1) is 0 Å². The first-order valence-corrected chi connectivity index (χ1v) is 5.40. The van der Waals surface area contributed by atoms with E-state index >= 15 is 0 Å². The van der Waals surface area contributed by atoms with Crippen LogP contribution in [0.25, 0.3) is 5.70 Å². The second-order valence-electron chi connectivity index (χ2n) is 5.02. The third kappa shape index (κ3) is 1.54. The van der Waals surface area contributed by atoms with Gasteiger partial charge in [0, 0.05) is 11.3 Å². The van der Waals surface area contributed by atoms with E-state index in [9.17, 15) is 0 Å². The van der Waals surface area contributed by atoms with Crippen molar-refractivity contribution in [3.05, 3.63) is 35.7 Å². The van der Waals surface area contributed by atoms with Gasteiger partial charge in [-0.1, -0.05) is 26.5 Å². The lowest BCUT2D eigenvalue weighted by molar-refractivity contribution is 0.498. The van der Waals surface area contributed by atoms with E-state index in [2.05, 4.69) is 56.7 Å². The van der Waals surface area contributed by atoms with Gasteiger partial charge in [-0.05, 0) is 25.8 Å². The van der Waals surface area contributed by atoms with Crippen molar-refractivity contribution in [2.24, 2.45) is 0 Å². The fraction of sp³-hybridized carbons (Fsp3) is 0.462. The Morgan fingerprint density at radius 1 is 1.33 bits per heavy atom. The van der Waals surface area contributed by atoms with Crippen LogP contribution < -0.4 is 5.32 Å². The van der Waals surface area contributed by atoms with Gasteiger partial charge in [0.25, 0.3) is 0 Å². The van der Waals surface area contributed by atoms with Gasteiger partial charge in [-0.3, -0.25) is 4.98 Å². The molecule has 2 rings (SSSR count). The third-order valence-electron chi connectivity index (χ3n) is 2.93. The molecule has 80 valence electrons. The van der Waals surface area contributed by atoms with Crippen LogP contribution in [0, 0.1) is 0 Å². The summed E-state index contributed by atoms with van der Waals surface area (Å²) in [7, 11) is 0. The van der Waals surface area contributed by atoms with E-state index in [1.54, 1.807) is 0 Å². The zero-order valence-corrected chi connectivity index (χ0v) is 9.89. The van der Waals surface area contributed by atoms with Gasteiger partial charge >= 0.3 is 0 Å². The van der Waals surface area contributed by atoms with Crippen molar-refractivity contribution in [2.45, 2.75) is 39.2 Å². The average molecular weight is 202 g/mol. The molecule has 0 amide bonds. The minimum Gasteiger partial charge on any atom is -0.375 e. The van der Waals surface area contributed by atoms with Gasteiger partial charge in [-0.25, -0.2) is 0 Å². The van der Waals surface area contributed by atoms with Gasteiger partial charge in [0.05, 0.1) is 16.9 Å². The summed E-state index contributed by atoms with van der Waals surface area (Å²) in [6, 6.07) is 4.29. The van der Waals surface area contributed by atoms with E-state index < -0.39 is 0 Å². The fourth-order valence-corrected chi connectivity index (χ4v) is 2.03. The summed E-state index contributed by atoms with van der Waals surface area (Å²) in [6.07, 6.45) is 0. The molecule has 0 fully saturated rings. The summed E-state index contributed by atoms with van der Waals surface area (Å²) < 4.78 is 0. The highest BCUT2D eigenvalue weighted by Crippen LogP contribution is 2.35. The summed E-state index contributed by atoms with van der Waals surface area (Å²) in [6.45, 7) is 12.6. The van der Waals surface area contributed by atoms with Crippen LogP contribution in [0.5, 0.6) is 0 Å². The lowest BCUT2D eigenvalue weighted by Crippen LogP contribution is -2.28. The molecule has 15 heavy (non-hydrogen) atoms. The summed E-state index contributed by atoms with van der Waals surface area (Å²) in [5, 5.41) is 3.37. The zero-order valence-electron chi connectivity index (χ0n) is 9.89. The van der Waals surface area contributed by atoms with Crippen molar-refractivity contribution in [2.75, 3.05) is 0 Å². The van der Waals surface area contributed by atoms with Crippen LogP contribution in [0.2, 0.25) is 0 Å². The molecule has 1 aliphatic heterocycles. The Balaban J connectivity index is 2.56. The molecule has 1 aromatic heterocycles. The normalized spacial score (nSPS) is 17.8. The van der Waals surface area contributed by atoms with Crippen LogP contribution in [0.1, 0.15) is 50.6 Å². The van der Waals surface area contributed by atoms with Crippen LogP contribution in [-0.2, 0) is 5.54 Å². The molecular formula is C13H18N2. The lowest BCUT2D eigenvalue weighted by Gasteiger charge is -2.19. The molecule has 1 aliphatic rings. The summed E-state index contributed by atoms with van der Waals surface area (Å²) >= 11 is 0.